The SMILES string of the molecule is [B]O[C@@H](C(=O)NCCC(=O)OCC(O)CO)C(C)(C)CO. The summed E-state index contributed by atoms with van der Waals surface area (Å²) in [7, 11) is 5.05. The molecule has 0 aliphatic rings. The molecule has 2 radical (unpaired) electrons. The average molecular weight is 303 g/mol. The number of aliphatic hydroxyl groups is 3. The van der Waals surface area contributed by atoms with Crippen LogP contribution in [0.25, 0.3) is 0 Å². The lowest BCUT2D eigenvalue weighted by Crippen LogP contribution is -2.47. The monoisotopic (exact) mass is 303 g/mol. The molecule has 0 aromatic heterocycles. The molecular formula is C12H22BNO7. The summed E-state index contributed by atoms with van der Waals surface area (Å²) in [5.74, 6) is -1.19. The van der Waals surface area contributed by atoms with E-state index in [0.29, 0.717) is 0 Å². The van der Waals surface area contributed by atoms with E-state index in [9.17, 15) is 9.59 Å². The van der Waals surface area contributed by atoms with Crippen LogP contribution in [0.15, 0.2) is 0 Å². The molecule has 0 heterocycles. The minimum absolute atomic E-state index is 0.00570. The van der Waals surface area contributed by atoms with Gasteiger partial charge in [0.25, 0.3) is 8.05 Å². The summed E-state index contributed by atoms with van der Waals surface area (Å²) in [6, 6.07) is 0. The molecule has 120 valence electrons. The molecule has 0 aliphatic heterocycles. The van der Waals surface area contributed by atoms with Crippen molar-refractivity contribution in [3.05, 3.63) is 0 Å². The van der Waals surface area contributed by atoms with Crippen LogP contribution >= 0.6 is 0 Å². The van der Waals surface area contributed by atoms with Crippen molar-refractivity contribution in [3.8, 4) is 0 Å². The van der Waals surface area contributed by atoms with E-state index in [0.717, 1.165) is 0 Å². The molecule has 2 atom stereocenters. The van der Waals surface area contributed by atoms with Crippen molar-refractivity contribution in [2.24, 2.45) is 5.41 Å². The highest BCUT2D eigenvalue weighted by Gasteiger charge is 2.34. The number of nitrogens with one attached hydrogen (secondary N) is 1. The maximum absolute atomic E-state index is 11.8. The van der Waals surface area contributed by atoms with E-state index in [-0.39, 0.29) is 26.2 Å². The van der Waals surface area contributed by atoms with Crippen LogP contribution in [-0.4, -0.2) is 73.8 Å². The van der Waals surface area contributed by atoms with Crippen molar-refractivity contribution < 1.29 is 34.3 Å². The lowest BCUT2D eigenvalue weighted by atomic mass is 9.86. The minimum Gasteiger partial charge on any atom is -0.463 e. The average Bonchev–Trinajstić information content (AvgIpc) is 2.45. The predicted molar refractivity (Wildman–Crippen MR) is 73.2 cm³/mol. The van der Waals surface area contributed by atoms with E-state index in [1.165, 1.54) is 0 Å². The van der Waals surface area contributed by atoms with Gasteiger partial charge in [0.15, 0.2) is 0 Å². The third kappa shape index (κ3) is 7.42. The van der Waals surface area contributed by atoms with Crippen molar-refractivity contribution >= 4 is 19.9 Å². The lowest BCUT2D eigenvalue weighted by molar-refractivity contribution is -0.147. The number of esters is 1. The lowest BCUT2D eigenvalue weighted by Gasteiger charge is -2.30. The van der Waals surface area contributed by atoms with Gasteiger partial charge in [-0.05, 0) is 0 Å². The van der Waals surface area contributed by atoms with Gasteiger partial charge in [0.2, 0.25) is 5.91 Å². The molecule has 1 unspecified atom stereocenters. The number of amides is 1. The van der Waals surface area contributed by atoms with Gasteiger partial charge in [0, 0.05) is 12.0 Å². The van der Waals surface area contributed by atoms with Gasteiger partial charge in [-0.3, -0.25) is 9.59 Å². The third-order valence-corrected chi connectivity index (χ3v) is 2.77. The number of aliphatic hydroxyl groups excluding tert-OH is 3. The molecule has 21 heavy (non-hydrogen) atoms. The molecule has 9 heteroatoms. The third-order valence-electron chi connectivity index (χ3n) is 2.77. The summed E-state index contributed by atoms with van der Waals surface area (Å²) in [5.41, 5.74) is -0.870. The summed E-state index contributed by atoms with van der Waals surface area (Å²) in [5, 5.41) is 29.1. The maximum Gasteiger partial charge on any atom is 0.307 e. The fourth-order valence-corrected chi connectivity index (χ4v) is 1.38. The second kappa shape index (κ2) is 9.72. The maximum atomic E-state index is 11.8. The first-order chi connectivity index (χ1) is 9.78. The Hall–Kier alpha value is -1.16. The van der Waals surface area contributed by atoms with Crippen LogP contribution in [0, 0.1) is 5.41 Å². The normalized spacial score (nSPS) is 14.3. The van der Waals surface area contributed by atoms with E-state index < -0.39 is 36.1 Å². The smallest absolute Gasteiger partial charge is 0.307 e. The molecule has 0 aromatic carbocycles. The van der Waals surface area contributed by atoms with Crippen LogP contribution < -0.4 is 5.32 Å². The second-order valence-corrected chi connectivity index (χ2v) is 5.22. The molecular weight excluding hydrogens is 281 g/mol. The summed E-state index contributed by atoms with van der Waals surface area (Å²) >= 11 is 0. The van der Waals surface area contributed by atoms with E-state index in [4.69, 9.17) is 23.4 Å². The van der Waals surface area contributed by atoms with Crippen LogP contribution in [-0.2, 0) is 19.0 Å². The van der Waals surface area contributed by atoms with Crippen molar-refractivity contribution in [2.75, 3.05) is 26.4 Å². The standard InChI is InChI=1S/C12H22BNO7/c1-12(2,7-16)10(21-13)11(19)14-4-3-9(18)20-6-8(17)5-15/h8,10,15-17H,3-7H2,1-2H3,(H,14,19)/t8?,10-/m0/s1. The Morgan fingerprint density at radius 1 is 1.33 bits per heavy atom. The highest BCUT2D eigenvalue weighted by Crippen LogP contribution is 2.22. The first-order valence-corrected chi connectivity index (χ1v) is 6.47. The first-order valence-electron chi connectivity index (χ1n) is 6.47. The number of carbonyl (C=O) groups is 2. The van der Waals surface area contributed by atoms with Gasteiger partial charge in [-0.25, -0.2) is 0 Å². The van der Waals surface area contributed by atoms with Gasteiger partial charge < -0.3 is 30.0 Å². The van der Waals surface area contributed by atoms with E-state index in [1.54, 1.807) is 13.8 Å². The molecule has 0 saturated carbocycles. The van der Waals surface area contributed by atoms with E-state index in [2.05, 4.69) is 14.7 Å². The van der Waals surface area contributed by atoms with Gasteiger partial charge in [-0.1, -0.05) is 13.8 Å². The molecule has 0 aromatic rings. The molecule has 0 aliphatic carbocycles. The quantitative estimate of drug-likeness (QED) is 0.268. The fraction of sp³-hybridized carbons (Fsp3) is 0.833. The summed E-state index contributed by atoms with van der Waals surface area (Å²) in [4.78, 5) is 23.1. The summed E-state index contributed by atoms with van der Waals surface area (Å²) < 4.78 is 9.23. The Morgan fingerprint density at radius 2 is 1.95 bits per heavy atom. The second-order valence-electron chi connectivity index (χ2n) is 5.22. The van der Waals surface area contributed by atoms with E-state index in [1.807, 2.05) is 0 Å². The largest absolute Gasteiger partial charge is 0.463 e. The van der Waals surface area contributed by atoms with Crippen molar-refractivity contribution in [1.29, 1.82) is 0 Å². The minimum atomic E-state index is -1.12. The highest BCUT2D eigenvalue weighted by atomic mass is 16.5. The molecule has 0 spiro atoms. The van der Waals surface area contributed by atoms with Crippen LogP contribution in [0.5, 0.6) is 0 Å². The number of ether oxygens (including phenoxy) is 1. The first kappa shape index (κ1) is 19.8. The van der Waals surface area contributed by atoms with Gasteiger partial charge in [-0.2, -0.15) is 0 Å². The Bertz CT molecular complexity index is 338. The van der Waals surface area contributed by atoms with E-state index >= 15 is 0 Å². The zero-order valence-corrected chi connectivity index (χ0v) is 12.2. The number of hydrogen-bond acceptors (Lipinski definition) is 7. The number of hydrogen-bond donors (Lipinski definition) is 4. The van der Waals surface area contributed by atoms with Crippen LogP contribution in [0.2, 0.25) is 0 Å². The van der Waals surface area contributed by atoms with Crippen molar-refractivity contribution in [1.82, 2.24) is 5.32 Å². The van der Waals surface area contributed by atoms with Crippen LogP contribution in [0.1, 0.15) is 20.3 Å². The molecule has 0 bridgehead atoms. The summed E-state index contributed by atoms with van der Waals surface area (Å²) in [6.45, 7) is 2.09. The van der Waals surface area contributed by atoms with Gasteiger partial charge in [0.05, 0.1) is 19.6 Å². The molecule has 8 nitrogen and oxygen atoms in total. The van der Waals surface area contributed by atoms with Gasteiger partial charge >= 0.3 is 5.97 Å². The zero-order valence-electron chi connectivity index (χ0n) is 12.2. The molecule has 4 N–H and O–H groups in total. The van der Waals surface area contributed by atoms with Gasteiger partial charge in [-0.15, -0.1) is 0 Å². The van der Waals surface area contributed by atoms with Crippen molar-refractivity contribution in [2.45, 2.75) is 32.5 Å². The topological polar surface area (TPSA) is 125 Å². The molecule has 0 rings (SSSR count). The Labute approximate surface area is 124 Å². The van der Waals surface area contributed by atoms with Gasteiger partial charge in [0.1, 0.15) is 18.8 Å². The molecule has 0 fully saturated rings. The predicted octanol–water partition coefficient (Wildman–Crippen LogP) is -2.12. The van der Waals surface area contributed by atoms with Crippen molar-refractivity contribution in [3.63, 3.8) is 0 Å². The number of carbonyl (C=O) groups excluding carboxylic acids is 2. The highest BCUT2D eigenvalue weighted by molar-refractivity contribution is 6.00. The Balaban J connectivity index is 4.10. The summed E-state index contributed by atoms with van der Waals surface area (Å²) in [6.07, 6.45) is -2.29. The fourth-order valence-electron chi connectivity index (χ4n) is 1.38. The Morgan fingerprint density at radius 3 is 2.43 bits per heavy atom. The van der Waals surface area contributed by atoms with Crippen LogP contribution in [0.4, 0.5) is 0 Å². The molecule has 1 amide bonds. The zero-order chi connectivity index (χ0) is 16.5. The molecule has 0 saturated heterocycles. The number of rotatable bonds is 10. The van der Waals surface area contributed by atoms with Crippen LogP contribution in [0.3, 0.4) is 0 Å². The Kier molecular flexibility index (Phi) is 9.19.